The Morgan fingerprint density at radius 3 is 2.26 bits per heavy atom. The summed E-state index contributed by atoms with van der Waals surface area (Å²) in [6, 6.07) is 11.8. The molecule has 0 radical (unpaired) electrons. The molecule has 2 aromatic carbocycles. The average Bonchev–Trinajstić information content (AvgIpc) is 3.01. The molecule has 0 bridgehead atoms. The molecule has 6 nitrogen and oxygen atoms in total. The number of hydrogen-bond acceptors (Lipinski definition) is 5. The first kappa shape index (κ1) is 18.4. The number of methoxy groups -OCH3 is 2. The number of allylic oxidation sites excluding steroid dienone is 2. The number of rotatable bonds is 5. The van der Waals surface area contributed by atoms with E-state index in [4.69, 9.17) is 9.47 Å². The van der Waals surface area contributed by atoms with E-state index in [1.165, 1.54) is 6.07 Å². The van der Waals surface area contributed by atoms with Crippen molar-refractivity contribution in [1.29, 1.82) is 0 Å². The van der Waals surface area contributed by atoms with Gasteiger partial charge in [-0.3, -0.25) is 14.9 Å². The van der Waals surface area contributed by atoms with Crippen LogP contribution < -0.4 is 9.47 Å². The van der Waals surface area contributed by atoms with Crippen molar-refractivity contribution in [2.24, 2.45) is 0 Å². The number of nitrogens with zero attached hydrogens (tertiary/aromatic N) is 1. The van der Waals surface area contributed by atoms with Gasteiger partial charge in [0.1, 0.15) is 11.5 Å². The molecule has 0 amide bonds. The molecule has 0 aromatic heterocycles. The Balaban J connectivity index is 1.94. The van der Waals surface area contributed by atoms with Gasteiger partial charge >= 0.3 is 0 Å². The molecule has 0 spiro atoms. The molecule has 2 aromatic rings. The van der Waals surface area contributed by atoms with E-state index in [1.54, 1.807) is 56.7 Å². The number of nitro groups is 1. The van der Waals surface area contributed by atoms with Crippen LogP contribution in [0.25, 0.3) is 12.2 Å². The zero-order chi connectivity index (χ0) is 19.4. The molecule has 0 aliphatic heterocycles. The summed E-state index contributed by atoms with van der Waals surface area (Å²) in [6.45, 7) is 0. The number of ether oxygens (including phenoxy) is 2. The fourth-order valence-electron chi connectivity index (χ4n) is 3.08. The summed E-state index contributed by atoms with van der Waals surface area (Å²) in [4.78, 5) is 23.5. The molecule has 1 saturated carbocycles. The second-order valence-electron chi connectivity index (χ2n) is 6.09. The van der Waals surface area contributed by atoms with Gasteiger partial charge in [0.2, 0.25) is 0 Å². The van der Waals surface area contributed by atoms with Crippen molar-refractivity contribution in [3.63, 3.8) is 0 Å². The fraction of sp³-hybridized carbons (Fsp3) is 0.190. The molecule has 1 aliphatic carbocycles. The minimum absolute atomic E-state index is 0.00954. The lowest BCUT2D eigenvalue weighted by Crippen LogP contribution is -1.98. The van der Waals surface area contributed by atoms with Gasteiger partial charge in [-0.1, -0.05) is 12.1 Å². The topological polar surface area (TPSA) is 78.7 Å². The highest BCUT2D eigenvalue weighted by Gasteiger charge is 2.24. The highest BCUT2D eigenvalue weighted by molar-refractivity contribution is 6.15. The normalized spacial score (nSPS) is 16.7. The van der Waals surface area contributed by atoms with Gasteiger partial charge < -0.3 is 9.47 Å². The van der Waals surface area contributed by atoms with E-state index in [1.807, 2.05) is 6.07 Å². The molecule has 1 fully saturated rings. The number of hydrogen-bond donors (Lipinski definition) is 0. The summed E-state index contributed by atoms with van der Waals surface area (Å²) in [5, 5.41) is 11.2. The van der Waals surface area contributed by atoms with E-state index >= 15 is 0 Å². The molecule has 27 heavy (non-hydrogen) atoms. The standard InChI is InChI=1S/C21H19NO5/c1-26-18-9-10-20(27-2)17(13-18)12-16-8-7-15(21(16)23)11-14-5-3-4-6-19(14)22(24)25/h3-6,9-13H,7-8H2,1-2H3/b15-11+,16-12+. The highest BCUT2D eigenvalue weighted by atomic mass is 16.6. The molecule has 0 N–H and O–H groups in total. The summed E-state index contributed by atoms with van der Waals surface area (Å²) in [5.74, 6) is 1.22. The maximum Gasteiger partial charge on any atom is 0.276 e. The van der Waals surface area contributed by atoms with Crippen LogP contribution in [0.5, 0.6) is 11.5 Å². The number of benzene rings is 2. The summed E-state index contributed by atoms with van der Waals surface area (Å²) in [7, 11) is 3.15. The number of carbonyl (C=O) groups is 1. The third-order valence-electron chi connectivity index (χ3n) is 4.48. The predicted octanol–water partition coefficient (Wildman–Crippen LogP) is 4.44. The van der Waals surface area contributed by atoms with E-state index < -0.39 is 4.92 Å². The molecule has 0 saturated heterocycles. The maximum atomic E-state index is 12.8. The Morgan fingerprint density at radius 1 is 0.963 bits per heavy atom. The number of Topliss-reactive ketones (excluding diaryl/α,β-unsaturated/α-hetero) is 1. The summed E-state index contributed by atoms with van der Waals surface area (Å²) in [5.41, 5.74) is 2.40. The second kappa shape index (κ2) is 7.86. The van der Waals surface area contributed by atoms with Crippen molar-refractivity contribution in [2.75, 3.05) is 14.2 Å². The molecule has 138 valence electrons. The third-order valence-corrected chi connectivity index (χ3v) is 4.48. The van der Waals surface area contributed by atoms with Gasteiger partial charge in [-0.05, 0) is 49.3 Å². The molecule has 0 unspecified atom stereocenters. The van der Waals surface area contributed by atoms with E-state index in [9.17, 15) is 14.9 Å². The predicted molar refractivity (Wildman–Crippen MR) is 103 cm³/mol. The van der Waals surface area contributed by atoms with Crippen LogP contribution in [0.4, 0.5) is 5.69 Å². The monoisotopic (exact) mass is 365 g/mol. The van der Waals surface area contributed by atoms with E-state index in [0.29, 0.717) is 41.1 Å². The Bertz CT molecular complexity index is 959. The van der Waals surface area contributed by atoms with Crippen LogP contribution >= 0.6 is 0 Å². The molecular formula is C21H19NO5. The fourth-order valence-corrected chi connectivity index (χ4v) is 3.08. The third kappa shape index (κ3) is 3.89. The Hall–Kier alpha value is -3.41. The van der Waals surface area contributed by atoms with Crippen LogP contribution in [0.2, 0.25) is 0 Å². The van der Waals surface area contributed by atoms with Crippen molar-refractivity contribution in [1.82, 2.24) is 0 Å². The van der Waals surface area contributed by atoms with Crippen LogP contribution in [-0.2, 0) is 4.79 Å². The largest absolute Gasteiger partial charge is 0.497 e. The highest BCUT2D eigenvalue weighted by Crippen LogP contribution is 2.33. The smallest absolute Gasteiger partial charge is 0.276 e. The molecule has 3 rings (SSSR count). The van der Waals surface area contributed by atoms with Gasteiger partial charge in [0.25, 0.3) is 5.69 Å². The minimum atomic E-state index is -0.441. The van der Waals surface area contributed by atoms with E-state index in [2.05, 4.69) is 0 Å². The van der Waals surface area contributed by atoms with Crippen LogP contribution in [-0.4, -0.2) is 24.9 Å². The van der Waals surface area contributed by atoms with Crippen molar-refractivity contribution < 1.29 is 19.2 Å². The first-order valence-electron chi connectivity index (χ1n) is 8.44. The lowest BCUT2D eigenvalue weighted by Gasteiger charge is -2.08. The van der Waals surface area contributed by atoms with Crippen LogP contribution in [0.15, 0.2) is 53.6 Å². The lowest BCUT2D eigenvalue weighted by atomic mass is 10.1. The van der Waals surface area contributed by atoms with Gasteiger partial charge in [0.05, 0.1) is 24.7 Å². The van der Waals surface area contributed by atoms with Crippen molar-refractivity contribution >= 4 is 23.6 Å². The lowest BCUT2D eigenvalue weighted by molar-refractivity contribution is -0.385. The molecule has 6 heteroatoms. The first-order chi connectivity index (χ1) is 13.0. The summed E-state index contributed by atoms with van der Waals surface area (Å²) in [6.07, 6.45) is 4.53. The minimum Gasteiger partial charge on any atom is -0.497 e. The Kier molecular flexibility index (Phi) is 5.35. The van der Waals surface area contributed by atoms with Crippen molar-refractivity contribution in [3.05, 3.63) is 74.9 Å². The maximum absolute atomic E-state index is 12.8. The van der Waals surface area contributed by atoms with Gasteiger partial charge in [-0.15, -0.1) is 0 Å². The van der Waals surface area contributed by atoms with Gasteiger partial charge in [-0.2, -0.15) is 0 Å². The van der Waals surface area contributed by atoms with Crippen LogP contribution in [0.3, 0.4) is 0 Å². The zero-order valence-electron chi connectivity index (χ0n) is 15.1. The zero-order valence-corrected chi connectivity index (χ0v) is 15.1. The summed E-state index contributed by atoms with van der Waals surface area (Å²) >= 11 is 0. The average molecular weight is 365 g/mol. The quantitative estimate of drug-likeness (QED) is 0.445. The van der Waals surface area contributed by atoms with Gasteiger partial charge in [0, 0.05) is 22.8 Å². The molecular weight excluding hydrogens is 346 g/mol. The first-order valence-corrected chi connectivity index (χ1v) is 8.44. The summed E-state index contributed by atoms with van der Waals surface area (Å²) < 4.78 is 10.6. The number of carbonyl (C=O) groups excluding carboxylic acids is 1. The number of nitro benzene ring substituents is 1. The molecule has 0 atom stereocenters. The number of ketones is 1. The van der Waals surface area contributed by atoms with Gasteiger partial charge in [-0.25, -0.2) is 0 Å². The molecule has 1 aliphatic rings. The van der Waals surface area contributed by atoms with Crippen molar-refractivity contribution in [3.8, 4) is 11.5 Å². The Labute approximate surface area is 156 Å². The van der Waals surface area contributed by atoms with Crippen molar-refractivity contribution in [2.45, 2.75) is 12.8 Å². The van der Waals surface area contributed by atoms with Crippen LogP contribution in [0, 0.1) is 10.1 Å². The van der Waals surface area contributed by atoms with E-state index in [-0.39, 0.29) is 11.5 Å². The van der Waals surface area contributed by atoms with Crippen LogP contribution in [0.1, 0.15) is 24.0 Å². The Morgan fingerprint density at radius 2 is 1.63 bits per heavy atom. The SMILES string of the molecule is COc1ccc(OC)c(/C=C2\CC/C(=C\c3ccccc3[N+](=O)[O-])C2=O)c1. The number of para-hydroxylation sites is 1. The molecule has 0 heterocycles. The van der Waals surface area contributed by atoms with Gasteiger partial charge in [0.15, 0.2) is 5.78 Å². The second-order valence-corrected chi connectivity index (χ2v) is 6.09. The van der Waals surface area contributed by atoms with E-state index in [0.717, 1.165) is 5.56 Å².